The van der Waals surface area contributed by atoms with Crippen LogP contribution in [0, 0.1) is 0 Å². The van der Waals surface area contributed by atoms with Crippen LogP contribution in [0.25, 0.3) is 0 Å². The number of benzene rings is 1. The van der Waals surface area contributed by atoms with Crippen LogP contribution in [0.15, 0.2) is 24.3 Å². The molecule has 0 N–H and O–H groups in total. The van der Waals surface area contributed by atoms with Crippen molar-refractivity contribution >= 4 is 5.97 Å². The Labute approximate surface area is 88.6 Å². The third-order valence-electron chi connectivity index (χ3n) is 1.66. The summed E-state index contributed by atoms with van der Waals surface area (Å²) in [4.78, 5) is 13.3. The summed E-state index contributed by atoms with van der Waals surface area (Å²) in [5, 5.41) is 0. The first-order valence-corrected chi connectivity index (χ1v) is 7.57. The van der Waals surface area contributed by atoms with E-state index in [1.807, 2.05) is 24.3 Å². The molecule has 0 aliphatic heterocycles. The van der Waals surface area contributed by atoms with E-state index in [4.69, 9.17) is 0 Å². The molecule has 1 aromatic rings. The molecule has 0 spiro atoms. The molecule has 1 rings (SSSR count). The van der Waals surface area contributed by atoms with Gasteiger partial charge in [-0.15, -0.1) is 0 Å². The van der Waals surface area contributed by atoms with Crippen LogP contribution < -0.4 is 21.2 Å². The molecule has 0 fully saturated rings. The van der Waals surface area contributed by atoms with Gasteiger partial charge in [-0.1, -0.05) is 0 Å². The summed E-state index contributed by atoms with van der Waals surface area (Å²) in [6, 6.07) is 7.63. The summed E-state index contributed by atoms with van der Waals surface area (Å²) in [6.07, 6.45) is 0. The zero-order valence-electron chi connectivity index (χ0n) is 7.71. The van der Waals surface area contributed by atoms with Crippen molar-refractivity contribution in [3.05, 3.63) is 35.4 Å². The van der Waals surface area contributed by atoms with Crippen molar-refractivity contribution in [3.63, 3.8) is 0 Å². The molecule has 72 valence electrons. The predicted octanol–water partition coefficient (Wildman–Crippen LogP) is -1.31. The molecule has 3 heteroatoms. The van der Waals surface area contributed by atoms with Crippen molar-refractivity contribution in [1.29, 1.82) is 0 Å². The van der Waals surface area contributed by atoms with Crippen LogP contribution >= 0.6 is 0 Å². The number of alkyl halides is 2. The van der Waals surface area contributed by atoms with Gasteiger partial charge in [0.15, 0.2) is 0 Å². The second kappa shape index (κ2) is 5.21. The van der Waals surface area contributed by atoms with Crippen molar-refractivity contribution in [2.75, 3.05) is 12.0 Å². The van der Waals surface area contributed by atoms with Crippen molar-refractivity contribution in [1.82, 2.24) is 0 Å². The van der Waals surface area contributed by atoms with E-state index in [2.05, 4.69) is 9.67 Å². The molecule has 0 radical (unpaired) electrons. The standard InChI is InChI=1S/C10H12IO2/c1-11-7-8-3-5-9(6-4-8)10(12)13-2/h3-6H,7H2,1-2H3/q-1. The van der Waals surface area contributed by atoms with Gasteiger partial charge in [-0.3, -0.25) is 0 Å². The fourth-order valence-electron chi connectivity index (χ4n) is 1.00. The second-order valence-corrected chi connectivity index (χ2v) is 4.88. The normalized spacial score (nSPS) is 10.0. The summed E-state index contributed by atoms with van der Waals surface area (Å²) in [5.41, 5.74) is 1.93. The number of methoxy groups -OCH3 is 1. The van der Waals surface area contributed by atoms with Crippen molar-refractivity contribution < 1.29 is 30.7 Å². The Hall–Kier alpha value is -0.580. The van der Waals surface area contributed by atoms with Gasteiger partial charge < -0.3 is 0 Å². The molecule has 13 heavy (non-hydrogen) atoms. The monoisotopic (exact) mass is 291 g/mol. The quantitative estimate of drug-likeness (QED) is 0.393. The maximum atomic E-state index is 11.1. The average Bonchev–Trinajstić information content (AvgIpc) is 2.18. The van der Waals surface area contributed by atoms with Gasteiger partial charge in [0.1, 0.15) is 0 Å². The van der Waals surface area contributed by atoms with Gasteiger partial charge >= 0.3 is 88.6 Å². The first-order valence-electron chi connectivity index (χ1n) is 3.89. The molecule has 0 amide bonds. The van der Waals surface area contributed by atoms with E-state index in [0.717, 1.165) is 0 Å². The van der Waals surface area contributed by atoms with Gasteiger partial charge in [-0.2, -0.15) is 0 Å². The molecule has 0 aliphatic carbocycles. The van der Waals surface area contributed by atoms with E-state index >= 15 is 0 Å². The molecule has 0 aliphatic rings. The Bertz CT molecular complexity index is 279. The van der Waals surface area contributed by atoms with Gasteiger partial charge in [0, 0.05) is 0 Å². The number of carbonyl (C=O) groups excluding carboxylic acids is 1. The molecule has 0 bridgehead atoms. The van der Waals surface area contributed by atoms with Crippen molar-refractivity contribution in [2.45, 2.75) is 4.43 Å². The van der Waals surface area contributed by atoms with Gasteiger partial charge in [0.25, 0.3) is 0 Å². The Morgan fingerprint density at radius 3 is 2.46 bits per heavy atom. The van der Waals surface area contributed by atoms with E-state index in [1.165, 1.54) is 17.1 Å². The Morgan fingerprint density at radius 1 is 1.38 bits per heavy atom. The van der Waals surface area contributed by atoms with Crippen molar-refractivity contribution in [3.8, 4) is 0 Å². The summed E-state index contributed by atoms with van der Waals surface area (Å²) in [6.45, 7) is 0. The zero-order chi connectivity index (χ0) is 9.68. The number of hydrogen-bond acceptors (Lipinski definition) is 2. The van der Waals surface area contributed by atoms with Gasteiger partial charge in [-0.05, 0) is 0 Å². The third-order valence-corrected chi connectivity index (χ3v) is 3.31. The number of halogens is 1. The first-order chi connectivity index (χ1) is 6.27. The van der Waals surface area contributed by atoms with Crippen LogP contribution in [-0.2, 0) is 9.16 Å². The van der Waals surface area contributed by atoms with Crippen LogP contribution in [0.1, 0.15) is 15.9 Å². The van der Waals surface area contributed by atoms with E-state index in [-0.39, 0.29) is 27.2 Å². The Kier molecular flexibility index (Phi) is 4.21. The molecule has 0 atom stereocenters. The predicted molar refractivity (Wildman–Crippen MR) is 47.4 cm³/mol. The SMILES string of the molecule is COC(=O)c1ccc(C[I-]C)cc1. The van der Waals surface area contributed by atoms with Gasteiger partial charge in [0.05, 0.1) is 0 Å². The molecule has 0 unspecified atom stereocenters. The zero-order valence-corrected chi connectivity index (χ0v) is 9.87. The van der Waals surface area contributed by atoms with Crippen LogP contribution in [0.3, 0.4) is 0 Å². The Balaban J connectivity index is 2.75. The summed E-state index contributed by atoms with van der Waals surface area (Å²) >= 11 is 0.283. The summed E-state index contributed by atoms with van der Waals surface area (Å²) in [5.74, 6) is -0.266. The molecule has 0 saturated heterocycles. The summed E-state index contributed by atoms with van der Waals surface area (Å²) < 4.78 is 5.77. The van der Waals surface area contributed by atoms with Gasteiger partial charge in [0.2, 0.25) is 0 Å². The molecular formula is C10H12IO2-. The van der Waals surface area contributed by atoms with Gasteiger partial charge in [-0.25, -0.2) is 0 Å². The topological polar surface area (TPSA) is 26.3 Å². The average molecular weight is 291 g/mol. The fraction of sp³-hybridized carbons (Fsp3) is 0.300. The minimum atomic E-state index is -0.266. The summed E-state index contributed by atoms with van der Waals surface area (Å²) in [7, 11) is 1.40. The van der Waals surface area contributed by atoms with Crippen LogP contribution in [0.4, 0.5) is 0 Å². The number of carbonyl (C=O) groups is 1. The second-order valence-electron chi connectivity index (χ2n) is 2.59. The molecule has 0 heterocycles. The minimum absolute atomic E-state index is 0.266. The number of rotatable bonds is 3. The van der Waals surface area contributed by atoms with E-state index < -0.39 is 0 Å². The van der Waals surface area contributed by atoms with E-state index in [0.29, 0.717) is 5.56 Å². The number of esters is 1. The number of hydrogen-bond donors (Lipinski definition) is 0. The van der Waals surface area contributed by atoms with Crippen LogP contribution in [0.5, 0.6) is 0 Å². The van der Waals surface area contributed by atoms with Crippen LogP contribution in [0.2, 0.25) is 0 Å². The fourth-order valence-corrected chi connectivity index (χ4v) is 2.39. The van der Waals surface area contributed by atoms with Crippen molar-refractivity contribution in [2.24, 2.45) is 0 Å². The molecule has 0 aromatic heterocycles. The number of ether oxygens (including phenoxy) is 1. The molecular weight excluding hydrogens is 279 g/mol. The maximum absolute atomic E-state index is 11.1. The molecule has 1 aromatic carbocycles. The molecule has 0 saturated carbocycles. The van der Waals surface area contributed by atoms with E-state index in [1.54, 1.807) is 0 Å². The first kappa shape index (κ1) is 10.5. The van der Waals surface area contributed by atoms with Crippen LogP contribution in [-0.4, -0.2) is 18.0 Å². The van der Waals surface area contributed by atoms with E-state index in [9.17, 15) is 4.79 Å². The third kappa shape index (κ3) is 2.99. The molecule has 2 nitrogen and oxygen atoms in total. The Morgan fingerprint density at radius 2 is 2.00 bits per heavy atom.